The summed E-state index contributed by atoms with van der Waals surface area (Å²) in [7, 11) is 0. The number of aromatic nitrogens is 1. The summed E-state index contributed by atoms with van der Waals surface area (Å²) in [5, 5.41) is 14.6. The van der Waals surface area contributed by atoms with Gasteiger partial charge in [-0.15, -0.1) is 0 Å². The Labute approximate surface area is 118 Å². The van der Waals surface area contributed by atoms with E-state index in [1.807, 2.05) is 0 Å². The van der Waals surface area contributed by atoms with Gasteiger partial charge >= 0.3 is 0 Å². The topological polar surface area (TPSA) is 48.0 Å². The van der Waals surface area contributed by atoms with Crippen LogP contribution < -0.4 is 5.32 Å². The lowest BCUT2D eigenvalue weighted by Crippen LogP contribution is -2.43. The summed E-state index contributed by atoms with van der Waals surface area (Å²) in [6, 6.07) is 7.11. The highest BCUT2D eigenvalue weighted by molar-refractivity contribution is 5.89. The van der Waals surface area contributed by atoms with Crippen molar-refractivity contribution in [3.8, 4) is 0 Å². The third-order valence-electron chi connectivity index (χ3n) is 4.84. The fourth-order valence-corrected chi connectivity index (χ4v) is 4.05. The van der Waals surface area contributed by atoms with E-state index in [-0.39, 0.29) is 5.76 Å². The molecule has 3 nitrogen and oxygen atoms in total. The van der Waals surface area contributed by atoms with E-state index < -0.39 is 0 Å². The molecule has 2 heterocycles. The molecule has 3 heteroatoms. The van der Waals surface area contributed by atoms with E-state index >= 15 is 0 Å². The Kier molecular flexibility index (Phi) is 2.64. The molecule has 0 radical (unpaired) electrons. The van der Waals surface area contributed by atoms with Crippen LogP contribution in [0, 0.1) is 0 Å². The first-order valence-electron chi connectivity index (χ1n) is 7.46. The molecular weight excluding hydrogens is 248 g/mol. The first kappa shape index (κ1) is 12.0. The van der Waals surface area contributed by atoms with Crippen LogP contribution >= 0.6 is 0 Å². The number of aliphatic hydroxyl groups is 1. The normalized spacial score (nSPS) is 24.6. The number of piperidine rings is 1. The lowest BCUT2D eigenvalue weighted by Gasteiger charge is -2.37. The van der Waals surface area contributed by atoms with Crippen LogP contribution in [0.3, 0.4) is 0 Å². The molecule has 2 atom stereocenters. The molecule has 3 N–H and O–H groups in total. The summed E-state index contributed by atoms with van der Waals surface area (Å²) in [4.78, 5) is 3.49. The Bertz CT molecular complexity index is 686. The van der Waals surface area contributed by atoms with Gasteiger partial charge in [0.2, 0.25) is 0 Å². The van der Waals surface area contributed by atoms with Crippen LogP contribution in [0.15, 0.2) is 30.5 Å². The molecule has 0 spiro atoms. The van der Waals surface area contributed by atoms with E-state index in [1.54, 1.807) is 0 Å². The minimum Gasteiger partial charge on any atom is -0.513 e. The molecular formula is C17H20N2O. The number of H-pyrrole nitrogens is 1. The fourth-order valence-electron chi connectivity index (χ4n) is 4.05. The van der Waals surface area contributed by atoms with Crippen LogP contribution in [0.5, 0.6) is 0 Å². The monoisotopic (exact) mass is 268 g/mol. The molecule has 1 aliphatic heterocycles. The van der Waals surface area contributed by atoms with Crippen LogP contribution in [0.1, 0.15) is 35.6 Å². The van der Waals surface area contributed by atoms with E-state index in [4.69, 9.17) is 0 Å². The molecule has 20 heavy (non-hydrogen) atoms. The van der Waals surface area contributed by atoms with Gasteiger partial charge in [-0.25, -0.2) is 0 Å². The van der Waals surface area contributed by atoms with Crippen LogP contribution in [-0.2, 0) is 12.8 Å². The highest BCUT2D eigenvalue weighted by Gasteiger charge is 2.34. The number of aromatic amines is 1. The first-order valence-corrected chi connectivity index (χ1v) is 7.46. The Morgan fingerprint density at radius 2 is 2.30 bits per heavy atom. The Morgan fingerprint density at radius 3 is 3.15 bits per heavy atom. The minimum atomic E-state index is 0.230. The molecule has 1 fully saturated rings. The highest BCUT2D eigenvalue weighted by atomic mass is 16.3. The summed E-state index contributed by atoms with van der Waals surface area (Å²) >= 11 is 0. The number of nitrogens with one attached hydrogen (secondary N) is 2. The van der Waals surface area contributed by atoms with Gasteiger partial charge in [-0.3, -0.25) is 0 Å². The largest absolute Gasteiger partial charge is 0.513 e. The predicted molar refractivity (Wildman–Crippen MR) is 81.2 cm³/mol. The number of aliphatic hydroxyl groups excluding tert-OH is 1. The van der Waals surface area contributed by atoms with Gasteiger partial charge in [0.1, 0.15) is 0 Å². The molecule has 0 amide bonds. The molecule has 1 unspecified atom stereocenters. The molecule has 1 saturated heterocycles. The van der Waals surface area contributed by atoms with Gasteiger partial charge in [-0.05, 0) is 43.0 Å². The predicted octanol–water partition coefficient (Wildman–Crippen LogP) is 3.17. The van der Waals surface area contributed by atoms with Crippen LogP contribution in [0.4, 0.5) is 0 Å². The second-order valence-electron chi connectivity index (χ2n) is 6.11. The molecule has 0 bridgehead atoms. The van der Waals surface area contributed by atoms with Crippen molar-refractivity contribution in [2.45, 2.75) is 37.6 Å². The van der Waals surface area contributed by atoms with Crippen molar-refractivity contribution in [3.63, 3.8) is 0 Å². The molecule has 1 aromatic heterocycles. The zero-order valence-corrected chi connectivity index (χ0v) is 11.6. The van der Waals surface area contributed by atoms with E-state index in [1.165, 1.54) is 34.9 Å². The van der Waals surface area contributed by atoms with E-state index in [0.29, 0.717) is 18.4 Å². The lowest BCUT2D eigenvalue weighted by atomic mass is 9.75. The van der Waals surface area contributed by atoms with E-state index in [9.17, 15) is 5.11 Å². The molecule has 1 aromatic carbocycles. The summed E-state index contributed by atoms with van der Waals surface area (Å²) in [6.45, 7) is 4.76. The second kappa shape index (κ2) is 4.38. The van der Waals surface area contributed by atoms with Crippen molar-refractivity contribution >= 4 is 10.9 Å². The van der Waals surface area contributed by atoms with Crippen molar-refractivity contribution in [1.82, 2.24) is 10.3 Å². The fraction of sp³-hybridized carbons (Fsp3) is 0.412. The number of allylic oxidation sites excluding steroid dienone is 1. The third kappa shape index (κ3) is 1.70. The van der Waals surface area contributed by atoms with Crippen molar-refractivity contribution in [3.05, 3.63) is 47.4 Å². The van der Waals surface area contributed by atoms with Crippen LogP contribution in [0.2, 0.25) is 0 Å². The van der Waals surface area contributed by atoms with Crippen molar-refractivity contribution in [2.24, 2.45) is 0 Å². The molecule has 4 rings (SSSR count). The van der Waals surface area contributed by atoms with E-state index in [2.05, 4.69) is 35.1 Å². The highest BCUT2D eigenvalue weighted by Crippen LogP contribution is 2.42. The maximum atomic E-state index is 9.54. The smallest absolute Gasteiger partial charge is 0.0909 e. The zero-order valence-electron chi connectivity index (χ0n) is 11.6. The zero-order chi connectivity index (χ0) is 13.7. The van der Waals surface area contributed by atoms with Crippen LogP contribution in [-0.4, -0.2) is 22.7 Å². The molecule has 2 aliphatic rings. The van der Waals surface area contributed by atoms with Crippen LogP contribution in [0.25, 0.3) is 10.9 Å². The maximum Gasteiger partial charge on any atom is 0.0909 e. The summed E-state index contributed by atoms with van der Waals surface area (Å²) in [5.41, 5.74) is 5.19. The Morgan fingerprint density at radius 1 is 1.40 bits per heavy atom. The van der Waals surface area contributed by atoms with Crippen molar-refractivity contribution in [2.75, 3.05) is 6.54 Å². The van der Waals surface area contributed by atoms with Gasteiger partial charge in [-0.1, -0.05) is 18.7 Å². The third-order valence-corrected chi connectivity index (χ3v) is 4.84. The number of hydrogen-bond acceptors (Lipinski definition) is 2. The lowest BCUT2D eigenvalue weighted by molar-refractivity contribution is 0.344. The summed E-state index contributed by atoms with van der Waals surface area (Å²) in [6.07, 6.45) is 4.13. The van der Waals surface area contributed by atoms with Gasteiger partial charge in [-0.2, -0.15) is 0 Å². The number of rotatable bonds is 2. The molecule has 2 aromatic rings. The average Bonchev–Trinajstić information content (AvgIpc) is 2.78. The number of fused-ring (bicyclic) bond motifs is 2. The standard InChI is InChI=1S/C17H20N2O/c1-10(20)8-16-13-9-15-11(5-3-7-18-15)12-4-2-6-14(19-16)17(12)13/h2,4,6,11,15,18-20H,1,3,5,7-9H2/t11?,15-/m1/s1. The van der Waals surface area contributed by atoms with Gasteiger partial charge in [0.05, 0.1) is 5.76 Å². The maximum absolute atomic E-state index is 9.54. The Balaban J connectivity index is 1.91. The van der Waals surface area contributed by atoms with Gasteiger partial charge in [0.25, 0.3) is 0 Å². The van der Waals surface area contributed by atoms with Crippen molar-refractivity contribution in [1.29, 1.82) is 0 Å². The van der Waals surface area contributed by atoms with Crippen molar-refractivity contribution < 1.29 is 5.11 Å². The number of hydrogen-bond donors (Lipinski definition) is 3. The second-order valence-corrected chi connectivity index (χ2v) is 6.11. The minimum absolute atomic E-state index is 0.230. The average molecular weight is 268 g/mol. The molecule has 0 saturated carbocycles. The quantitative estimate of drug-likeness (QED) is 0.733. The SMILES string of the molecule is C=C(O)Cc1[nH]c2cccc3c2c1C[C@H]1NCCCC31. The van der Waals surface area contributed by atoms with Gasteiger partial charge in [0.15, 0.2) is 0 Å². The number of benzene rings is 1. The summed E-state index contributed by atoms with van der Waals surface area (Å²) < 4.78 is 0. The first-order chi connectivity index (χ1) is 9.74. The summed E-state index contributed by atoms with van der Waals surface area (Å²) in [5.74, 6) is 0.869. The van der Waals surface area contributed by atoms with Gasteiger partial charge < -0.3 is 15.4 Å². The molecule has 1 aliphatic carbocycles. The van der Waals surface area contributed by atoms with Gasteiger partial charge in [0, 0.05) is 35.0 Å². The van der Waals surface area contributed by atoms with E-state index in [0.717, 1.165) is 18.7 Å². The Hall–Kier alpha value is -1.74. The molecule has 104 valence electrons.